The first-order chi connectivity index (χ1) is 11.5. The Morgan fingerprint density at radius 3 is 2.62 bits per heavy atom. The van der Waals surface area contributed by atoms with Crippen molar-refractivity contribution >= 4 is 17.7 Å². The molecule has 0 radical (unpaired) electrons. The summed E-state index contributed by atoms with van der Waals surface area (Å²) in [4.78, 5) is 22.8. The molecule has 0 saturated carbocycles. The fourth-order valence-corrected chi connectivity index (χ4v) is 2.10. The second-order valence-electron chi connectivity index (χ2n) is 5.32. The van der Waals surface area contributed by atoms with Crippen LogP contribution in [0.15, 0.2) is 42.5 Å². The minimum Gasteiger partial charge on any atom is -0.490 e. The van der Waals surface area contributed by atoms with Gasteiger partial charge in [-0.25, -0.2) is 9.59 Å². The van der Waals surface area contributed by atoms with Gasteiger partial charge in [0, 0.05) is 5.69 Å². The Labute approximate surface area is 140 Å². The Bertz CT molecular complexity index is 744. The van der Waals surface area contributed by atoms with E-state index in [0.29, 0.717) is 11.3 Å². The number of ether oxygens (including phenoxy) is 2. The zero-order valence-corrected chi connectivity index (χ0v) is 13.7. The second-order valence-corrected chi connectivity index (χ2v) is 5.32. The third-order valence-corrected chi connectivity index (χ3v) is 3.28. The van der Waals surface area contributed by atoms with Crippen LogP contribution in [0.3, 0.4) is 0 Å². The average molecular weight is 328 g/mol. The van der Waals surface area contributed by atoms with Crippen LogP contribution >= 0.6 is 0 Å². The van der Waals surface area contributed by atoms with Crippen LogP contribution in [0.2, 0.25) is 0 Å². The number of carbonyl (C=O) groups excluding carboxylic acids is 2. The number of nitrogens with two attached hydrogens (primary N) is 1. The van der Waals surface area contributed by atoms with E-state index < -0.39 is 12.0 Å². The summed E-state index contributed by atoms with van der Waals surface area (Å²) in [6.07, 6.45) is 0. The van der Waals surface area contributed by atoms with Gasteiger partial charge in [-0.1, -0.05) is 18.2 Å². The first kappa shape index (κ1) is 17.3. The van der Waals surface area contributed by atoms with Crippen molar-refractivity contribution in [1.29, 1.82) is 0 Å². The molecule has 2 amide bonds. The highest BCUT2D eigenvalue weighted by Crippen LogP contribution is 2.19. The monoisotopic (exact) mass is 328 g/mol. The topological polar surface area (TPSA) is 90.7 Å². The summed E-state index contributed by atoms with van der Waals surface area (Å²) in [5.41, 5.74) is 7.93. The van der Waals surface area contributed by atoms with E-state index in [2.05, 4.69) is 5.32 Å². The molecule has 126 valence electrons. The first-order valence-corrected chi connectivity index (χ1v) is 7.49. The van der Waals surface area contributed by atoms with Crippen molar-refractivity contribution in [2.24, 2.45) is 5.73 Å². The Morgan fingerprint density at radius 1 is 1.08 bits per heavy atom. The molecule has 0 aliphatic heterocycles. The summed E-state index contributed by atoms with van der Waals surface area (Å²) in [5.74, 6) is 0.284. The van der Waals surface area contributed by atoms with E-state index in [9.17, 15) is 9.59 Å². The number of nitrogens with one attached hydrogen (secondary N) is 1. The van der Waals surface area contributed by atoms with Crippen LogP contribution in [0.25, 0.3) is 0 Å². The molecule has 0 aliphatic rings. The Morgan fingerprint density at radius 2 is 1.88 bits per heavy atom. The van der Waals surface area contributed by atoms with Crippen LogP contribution in [0.1, 0.15) is 21.5 Å². The minimum atomic E-state index is -0.692. The highest BCUT2D eigenvalue weighted by atomic mass is 16.6. The van der Waals surface area contributed by atoms with E-state index in [4.69, 9.17) is 15.2 Å². The highest BCUT2D eigenvalue weighted by molar-refractivity contribution is 5.93. The van der Waals surface area contributed by atoms with Gasteiger partial charge in [0.15, 0.2) is 0 Å². The van der Waals surface area contributed by atoms with Gasteiger partial charge >= 0.3 is 12.0 Å². The molecule has 0 saturated heterocycles. The fraction of sp³-hybridized carbons (Fsp3) is 0.222. The van der Waals surface area contributed by atoms with Crippen molar-refractivity contribution in [2.45, 2.75) is 13.8 Å². The molecule has 0 fully saturated rings. The average Bonchev–Trinajstić information content (AvgIpc) is 2.54. The van der Waals surface area contributed by atoms with E-state index in [1.54, 1.807) is 18.2 Å². The molecule has 3 N–H and O–H groups in total. The molecule has 2 aromatic carbocycles. The predicted octanol–water partition coefficient (Wildman–Crippen LogP) is 3.03. The number of hydrogen-bond donors (Lipinski definition) is 2. The first-order valence-electron chi connectivity index (χ1n) is 7.49. The van der Waals surface area contributed by atoms with Gasteiger partial charge in [-0.05, 0) is 49.2 Å². The lowest BCUT2D eigenvalue weighted by Crippen LogP contribution is -2.19. The lowest BCUT2D eigenvalue weighted by atomic mass is 10.1. The van der Waals surface area contributed by atoms with Gasteiger partial charge in [-0.3, -0.25) is 0 Å². The second kappa shape index (κ2) is 8.01. The molecule has 24 heavy (non-hydrogen) atoms. The van der Waals surface area contributed by atoms with Crippen molar-refractivity contribution in [3.8, 4) is 5.75 Å². The molecule has 0 spiro atoms. The van der Waals surface area contributed by atoms with Gasteiger partial charge in [0.05, 0.1) is 5.56 Å². The van der Waals surface area contributed by atoms with Crippen LogP contribution in [-0.4, -0.2) is 25.2 Å². The molecule has 6 heteroatoms. The number of rotatable bonds is 6. The van der Waals surface area contributed by atoms with Crippen LogP contribution in [0.4, 0.5) is 10.5 Å². The predicted molar refractivity (Wildman–Crippen MR) is 91.3 cm³/mol. The summed E-state index contributed by atoms with van der Waals surface area (Å²) in [5, 5.41) is 2.41. The summed E-state index contributed by atoms with van der Waals surface area (Å²) in [6.45, 7) is 4.33. The number of primary amides is 1. The number of hydrogen-bond acceptors (Lipinski definition) is 4. The summed E-state index contributed by atoms with van der Waals surface area (Å²) in [7, 11) is 0. The minimum absolute atomic E-state index is 0.125. The van der Waals surface area contributed by atoms with Gasteiger partial charge < -0.3 is 20.5 Å². The number of amides is 2. The maximum Gasteiger partial charge on any atom is 0.338 e. The Hall–Kier alpha value is -3.02. The van der Waals surface area contributed by atoms with Crippen molar-refractivity contribution in [2.75, 3.05) is 18.5 Å². The van der Waals surface area contributed by atoms with E-state index in [-0.39, 0.29) is 13.2 Å². The van der Waals surface area contributed by atoms with Crippen LogP contribution < -0.4 is 15.8 Å². The molecule has 2 rings (SSSR count). The van der Waals surface area contributed by atoms with Crippen molar-refractivity contribution in [1.82, 2.24) is 0 Å². The SMILES string of the molecule is Cc1ccc(C)c(OCCOC(=O)c2cccc(NC(N)=O)c2)c1. The molecule has 0 aromatic heterocycles. The lowest BCUT2D eigenvalue weighted by molar-refractivity contribution is 0.0450. The van der Waals surface area contributed by atoms with Crippen molar-refractivity contribution < 1.29 is 19.1 Å². The fourth-order valence-electron chi connectivity index (χ4n) is 2.10. The number of esters is 1. The molecule has 6 nitrogen and oxygen atoms in total. The maximum absolute atomic E-state index is 12.0. The Balaban J connectivity index is 1.85. The number of aryl methyl sites for hydroxylation is 2. The van der Waals surface area contributed by atoms with E-state index in [1.165, 1.54) is 6.07 Å². The molecule has 0 aliphatic carbocycles. The van der Waals surface area contributed by atoms with Crippen LogP contribution in [0, 0.1) is 13.8 Å². The third kappa shape index (κ3) is 5.01. The van der Waals surface area contributed by atoms with Gasteiger partial charge in [0.1, 0.15) is 19.0 Å². The molecule has 0 unspecified atom stereocenters. The van der Waals surface area contributed by atoms with E-state index in [1.807, 2.05) is 32.0 Å². The quantitative estimate of drug-likeness (QED) is 0.630. The van der Waals surface area contributed by atoms with Gasteiger partial charge in [0.2, 0.25) is 0 Å². The maximum atomic E-state index is 12.0. The zero-order chi connectivity index (χ0) is 17.5. The molecular formula is C18H20N2O4. The third-order valence-electron chi connectivity index (χ3n) is 3.28. The molecular weight excluding hydrogens is 308 g/mol. The lowest BCUT2D eigenvalue weighted by Gasteiger charge is -2.10. The van der Waals surface area contributed by atoms with Gasteiger partial charge in [-0.2, -0.15) is 0 Å². The smallest absolute Gasteiger partial charge is 0.338 e. The van der Waals surface area contributed by atoms with Crippen LogP contribution in [-0.2, 0) is 4.74 Å². The summed E-state index contributed by atoms with van der Waals surface area (Å²) >= 11 is 0. The summed E-state index contributed by atoms with van der Waals surface area (Å²) in [6, 6.07) is 11.6. The number of carbonyl (C=O) groups is 2. The van der Waals surface area contributed by atoms with Crippen molar-refractivity contribution in [3.05, 3.63) is 59.2 Å². The van der Waals surface area contributed by atoms with E-state index in [0.717, 1.165) is 16.9 Å². The summed E-state index contributed by atoms with van der Waals surface area (Å²) < 4.78 is 10.8. The number of benzene rings is 2. The normalized spacial score (nSPS) is 10.1. The standard InChI is InChI=1S/C18H20N2O4/c1-12-6-7-13(2)16(10-12)23-8-9-24-17(21)14-4-3-5-15(11-14)20-18(19)22/h3-7,10-11H,8-9H2,1-2H3,(H3,19,20,22). The van der Waals surface area contributed by atoms with Gasteiger partial charge in [-0.15, -0.1) is 0 Å². The van der Waals surface area contributed by atoms with Gasteiger partial charge in [0.25, 0.3) is 0 Å². The molecule has 2 aromatic rings. The number of anilines is 1. The Kier molecular flexibility index (Phi) is 5.78. The molecule has 0 bridgehead atoms. The largest absolute Gasteiger partial charge is 0.490 e. The number of urea groups is 1. The van der Waals surface area contributed by atoms with Crippen molar-refractivity contribution in [3.63, 3.8) is 0 Å². The highest BCUT2D eigenvalue weighted by Gasteiger charge is 2.09. The molecule has 0 heterocycles. The molecule has 0 atom stereocenters. The van der Waals surface area contributed by atoms with E-state index >= 15 is 0 Å². The zero-order valence-electron chi connectivity index (χ0n) is 13.7. The van der Waals surface area contributed by atoms with Crippen LogP contribution in [0.5, 0.6) is 5.75 Å².